The zero-order valence-electron chi connectivity index (χ0n) is 14.9. The van der Waals surface area contributed by atoms with Crippen molar-refractivity contribution in [2.45, 2.75) is 22.8 Å². The van der Waals surface area contributed by atoms with Gasteiger partial charge in [-0.15, -0.1) is 11.3 Å². The minimum atomic E-state index is -1.04. The molecule has 0 spiro atoms. The predicted molar refractivity (Wildman–Crippen MR) is 105 cm³/mol. The molecule has 6 nitrogen and oxygen atoms in total. The van der Waals surface area contributed by atoms with Crippen molar-refractivity contribution in [2.75, 3.05) is 6.61 Å². The monoisotopic (exact) mass is 409 g/mol. The molecule has 140 valence electrons. The fraction of sp³-hybridized carbons (Fsp3) is 0.150. The van der Waals surface area contributed by atoms with Crippen LogP contribution in [-0.4, -0.2) is 28.3 Å². The number of carbonyl (C=O) groups excluding carboxylic acids is 2. The van der Waals surface area contributed by atoms with E-state index in [1.807, 2.05) is 36.4 Å². The van der Waals surface area contributed by atoms with Gasteiger partial charge in [-0.05, 0) is 31.2 Å². The van der Waals surface area contributed by atoms with Gasteiger partial charge in [-0.2, -0.15) is 5.26 Å². The van der Waals surface area contributed by atoms with E-state index < -0.39 is 24.3 Å². The lowest BCUT2D eigenvalue weighted by Gasteiger charge is -2.09. The number of Topliss-reactive ketones (excluding diaryl/α,β-unsaturated/α-hetero) is 1. The largest absolute Gasteiger partial charge is 0.454 e. The van der Waals surface area contributed by atoms with Crippen LogP contribution in [0.1, 0.15) is 27.0 Å². The van der Waals surface area contributed by atoms with Crippen molar-refractivity contribution < 1.29 is 14.3 Å². The van der Waals surface area contributed by atoms with Crippen LogP contribution in [0.5, 0.6) is 0 Å². The molecule has 8 heteroatoms. The zero-order chi connectivity index (χ0) is 19.9. The quantitative estimate of drug-likeness (QED) is 0.544. The Hall–Kier alpha value is -3.02. The number of pyridine rings is 1. The summed E-state index contributed by atoms with van der Waals surface area (Å²) in [6, 6.07) is 14.7. The molecule has 1 atom stereocenters. The van der Waals surface area contributed by atoms with Crippen molar-refractivity contribution in [3.63, 3.8) is 0 Å². The Kier molecular flexibility index (Phi) is 6.53. The van der Waals surface area contributed by atoms with Crippen molar-refractivity contribution in [1.29, 1.82) is 5.26 Å². The number of esters is 1. The number of ketones is 1. The standard InChI is InChI=1S/C20H15N3O3S2/c1-13-12-27-19(23-13)16(10-21)17(24)11-26-20(25)15-8-5-9-22-18(15)28-14-6-3-2-4-7-14/h2-9,12,16H,11H2,1H3/t16-/m0/s1. The molecule has 0 aliphatic rings. The molecule has 0 radical (unpaired) electrons. The van der Waals surface area contributed by atoms with E-state index in [0.29, 0.717) is 10.0 Å². The van der Waals surface area contributed by atoms with E-state index in [9.17, 15) is 14.9 Å². The van der Waals surface area contributed by atoms with E-state index in [-0.39, 0.29) is 5.56 Å². The molecule has 0 fully saturated rings. The van der Waals surface area contributed by atoms with Gasteiger partial charge in [0.1, 0.15) is 10.0 Å². The minimum Gasteiger partial charge on any atom is -0.454 e. The van der Waals surface area contributed by atoms with E-state index in [2.05, 4.69) is 9.97 Å². The number of aromatic nitrogens is 2. The number of nitriles is 1. The lowest BCUT2D eigenvalue weighted by molar-refractivity contribution is -0.122. The number of aryl methyl sites for hydroxylation is 1. The number of benzene rings is 1. The van der Waals surface area contributed by atoms with Crippen LogP contribution in [-0.2, 0) is 9.53 Å². The number of nitrogens with zero attached hydrogens (tertiary/aromatic N) is 3. The SMILES string of the molecule is Cc1csc([C@@H](C#N)C(=O)COC(=O)c2cccnc2Sc2ccccc2)n1. The third kappa shape index (κ3) is 4.82. The molecule has 0 unspecified atom stereocenters. The van der Waals surface area contributed by atoms with Gasteiger partial charge in [0, 0.05) is 22.2 Å². The number of hydrogen-bond acceptors (Lipinski definition) is 8. The Balaban J connectivity index is 1.68. The van der Waals surface area contributed by atoms with Gasteiger partial charge >= 0.3 is 5.97 Å². The average Bonchev–Trinajstić information content (AvgIpc) is 3.14. The van der Waals surface area contributed by atoms with E-state index in [0.717, 1.165) is 10.6 Å². The molecule has 0 aliphatic heterocycles. The number of rotatable bonds is 7. The summed E-state index contributed by atoms with van der Waals surface area (Å²) >= 11 is 2.57. The Bertz CT molecular complexity index is 1030. The first kappa shape index (κ1) is 19.7. The molecular formula is C20H15N3O3S2. The maximum atomic E-state index is 12.5. The molecule has 0 saturated heterocycles. The third-order valence-electron chi connectivity index (χ3n) is 3.63. The van der Waals surface area contributed by atoms with Crippen LogP contribution < -0.4 is 0 Å². The highest BCUT2D eigenvalue weighted by molar-refractivity contribution is 7.99. The Labute approximate surface area is 170 Å². The lowest BCUT2D eigenvalue weighted by atomic mass is 10.1. The molecule has 0 saturated carbocycles. The molecule has 0 aliphatic carbocycles. The van der Waals surface area contributed by atoms with Gasteiger partial charge in [-0.1, -0.05) is 30.0 Å². The molecule has 2 aromatic heterocycles. The van der Waals surface area contributed by atoms with Crippen LogP contribution in [0.25, 0.3) is 0 Å². The first-order valence-electron chi connectivity index (χ1n) is 8.28. The van der Waals surface area contributed by atoms with Gasteiger partial charge in [0.25, 0.3) is 0 Å². The molecule has 0 amide bonds. The van der Waals surface area contributed by atoms with Crippen LogP contribution in [0.15, 0.2) is 64.0 Å². The molecular weight excluding hydrogens is 394 g/mol. The summed E-state index contributed by atoms with van der Waals surface area (Å²) < 4.78 is 5.16. The summed E-state index contributed by atoms with van der Waals surface area (Å²) in [5.74, 6) is -2.21. The van der Waals surface area contributed by atoms with Crippen LogP contribution in [0, 0.1) is 18.3 Å². The second-order valence-corrected chi connectivity index (χ2v) is 7.65. The topological polar surface area (TPSA) is 92.9 Å². The van der Waals surface area contributed by atoms with Gasteiger partial charge in [-0.3, -0.25) is 4.79 Å². The van der Waals surface area contributed by atoms with E-state index in [4.69, 9.17) is 4.74 Å². The molecule has 0 N–H and O–H groups in total. The zero-order valence-corrected chi connectivity index (χ0v) is 16.5. The Morgan fingerprint density at radius 1 is 1.25 bits per heavy atom. The summed E-state index contributed by atoms with van der Waals surface area (Å²) in [6.07, 6.45) is 1.59. The van der Waals surface area contributed by atoms with Gasteiger partial charge in [-0.25, -0.2) is 14.8 Å². The summed E-state index contributed by atoms with van der Waals surface area (Å²) in [4.78, 5) is 34.2. The van der Waals surface area contributed by atoms with E-state index >= 15 is 0 Å². The summed E-state index contributed by atoms with van der Waals surface area (Å²) in [5.41, 5.74) is 1.01. The van der Waals surface area contributed by atoms with Crippen molar-refractivity contribution in [2.24, 2.45) is 0 Å². The summed E-state index contributed by atoms with van der Waals surface area (Å²) in [7, 11) is 0. The fourth-order valence-corrected chi connectivity index (χ4v) is 4.05. The van der Waals surface area contributed by atoms with Crippen molar-refractivity contribution in [1.82, 2.24) is 9.97 Å². The Morgan fingerprint density at radius 2 is 2.04 bits per heavy atom. The number of ether oxygens (including phenoxy) is 1. The highest BCUT2D eigenvalue weighted by atomic mass is 32.2. The van der Waals surface area contributed by atoms with E-state index in [1.54, 1.807) is 30.6 Å². The van der Waals surface area contributed by atoms with Gasteiger partial charge in [0.05, 0.1) is 11.6 Å². The molecule has 1 aromatic carbocycles. The maximum Gasteiger partial charge on any atom is 0.341 e. The smallest absolute Gasteiger partial charge is 0.341 e. The van der Waals surface area contributed by atoms with Crippen LogP contribution in [0.4, 0.5) is 0 Å². The highest BCUT2D eigenvalue weighted by Gasteiger charge is 2.25. The third-order valence-corrected chi connectivity index (χ3v) is 5.68. The molecule has 0 bridgehead atoms. The first-order chi connectivity index (χ1) is 13.6. The van der Waals surface area contributed by atoms with Crippen LogP contribution in [0.3, 0.4) is 0 Å². The number of thiazole rings is 1. The molecule has 3 rings (SSSR count). The first-order valence-corrected chi connectivity index (χ1v) is 9.97. The summed E-state index contributed by atoms with van der Waals surface area (Å²) in [6.45, 7) is 1.29. The van der Waals surface area contributed by atoms with Crippen LogP contribution in [0.2, 0.25) is 0 Å². The lowest BCUT2D eigenvalue weighted by Crippen LogP contribution is -2.20. The average molecular weight is 409 g/mol. The minimum absolute atomic E-state index is 0.266. The molecule has 3 aromatic rings. The van der Waals surface area contributed by atoms with Crippen molar-refractivity contribution >= 4 is 34.9 Å². The summed E-state index contributed by atoms with van der Waals surface area (Å²) in [5, 5.41) is 11.9. The molecule has 2 heterocycles. The van der Waals surface area contributed by atoms with Crippen LogP contribution >= 0.6 is 23.1 Å². The second kappa shape index (κ2) is 9.26. The van der Waals surface area contributed by atoms with Crippen molar-refractivity contribution in [3.8, 4) is 6.07 Å². The Morgan fingerprint density at radius 3 is 2.71 bits per heavy atom. The second-order valence-electron chi connectivity index (χ2n) is 5.70. The fourth-order valence-electron chi connectivity index (χ4n) is 2.30. The predicted octanol–water partition coefficient (Wildman–Crippen LogP) is 4.03. The highest BCUT2D eigenvalue weighted by Crippen LogP contribution is 2.29. The molecule has 28 heavy (non-hydrogen) atoms. The van der Waals surface area contributed by atoms with Crippen molar-refractivity contribution in [3.05, 3.63) is 70.3 Å². The number of carbonyl (C=O) groups is 2. The normalized spacial score (nSPS) is 11.4. The number of hydrogen-bond donors (Lipinski definition) is 0. The van der Waals surface area contributed by atoms with Gasteiger partial charge < -0.3 is 4.74 Å². The van der Waals surface area contributed by atoms with Gasteiger partial charge in [0.2, 0.25) is 0 Å². The van der Waals surface area contributed by atoms with E-state index in [1.165, 1.54) is 23.1 Å². The maximum absolute atomic E-state index is 12.5. The van der Waals surface area contributed by atoms with Gasteiger partial charge in [0.15, 0.2) is 18.3 Å².